The molecule has 0 fully saturated rings. The summed E-state index contributed by atoms with van der Waals surface area (Å²) in [5, 5.41) is 19.5. The monoisotopic (exact) mass is 318 g/mol. The molecule has 0 aliphatic rings. The molecule has 0 aliphatic carbocycles. The van der Waals surface area contributed by atoms with Gasteiger partial charge in [0.05, 0.1) is 16.6 Å². The highest BCUT2D eigenvalue weighted by Gasteiger charge is 2.14. The molecule has 1 heterocycles. The van der Waals surface area contributed by atoms with E-state index in [4.69, 9.17) is 0 Å². The molecule has 0 saturated heterocycles. The third-order valence-corrected chi connectivity index (χ3v) is 3.56. The molecule has 4 nitrogen and oxygen atoms in total. The number of imidazole rings is 1. The van der Waals surface area contributed by atoms with Gasteiger partial charge in [-0.15, -0.1) is 0 Å². The number of phenolic OH excluding ortho intramolecular Hbond substituents is 2. The maximum absolute atomic E-state index is 9.92. The third kappa shape index (κ3) is 1.96. The van der Waals surface area contributed by atoms with Crippen LogP contribution in [0.5, 0.6) is 11.5 Å². The lowest BCUT2D eigenvalue weighted by Gasteiger charge is -2.05. The second-order valence-corrected chi connectivity index (χ2v) is 5.24. The first kappa shape index (κ1) is 12.0. The molecule has 0 unspecified atom stereocenters. The Hall–Kier alpha value is -2.01. The Morgan fingerprint density at radius 3 is 2.68 bits per heavy atom. The average Bonchev–Trinajstić information content (AvgIpc) is 2.69. The molecule has 96 valence electrons. The van der Waals surface area contributed by atoms with Crippen LogP contribution < -0.4 is 0 Å². The van der Waals surface area contributed by atoms with Crippen LogP contribution in [0.3, 0.4) is 0 Å². The number of hydrogen-bond donors (Lipinski definition) is 2. The van der Waals surface area contributed by atoms with E-state index in [1.54, 1.807) is 0 Å². The first-order valence-electron chi connectivity index (χ1n) is 5.70. The molecular formula is C14H11BrN2O2. The zero-order valence-corrected chi connectivity index (χ0v) is 11.7. The Kier molecular flexibility index (Phi) is 2.71. The summed E-state index contributed by atoms with van der Waals surface area (Å²) in [4.78, 5) is 4.51. The zero-order valence-electron chi connectivity index (χ0n) is 10.1. The Morgan fingerprint density at radius 1 is 1.11 bits per heavy atom. The molecule has 0 amide bonds. The van der Waals surface area contributed by atoms with Gasteiger partial charge < -0.3 is 14.8 Å². The van der Waals surface area contributed by atoms with Crippen LogP contribution in [0.15, 0.2) is 40.9 Å². The molecule has 19 heavy (non-hydrogen) atoms. The SMILES string of the molecule is Cn1c(-c2cc(O)ccc2O)nc2cc(Br)ccc21. The molecule has 0 saturated carbocycles. The number of halogens is 1. The van der Waals surface area contributed by atoms with E-state index in [0.29, 0.717) is 11.4 Å². The first-order chi connectivity index (χ1) is 9.06. The van der Waals surface area contributed by atoms with Crippen molar-refractivity contribution in [2.75, 3.05) is 0 Å². The van der Waals surface area contributed by atoms with Gasteiger partial charge in [0.25, 0.3) is 0 Å². The summed E-state index contributed by atoms with van der Waals surface area (Å²) in [5.74, 6) is 0.804. The van der Waals surface area contributed by atoms with Crippen molar-refractivity contribution in [3.63, 3.8) is 0 Å². The Bertz CT molecular complexity index is 780. The number of aryl methyl sites for hydroxylation is 1. The van der Waals surface area contributed by atoms with Crippen LogP contribution in [0.4, 0.5) is 0 Å². The van der Waals surface area contributed by atoms with Gasteiger partial charge in [-0.2, -0.15) is 0 Å². The highest BCUT2D eigenvalue weighted by atomic mass is 79.9. The van der Waals surface area contributed by atoms with Gasteiger partial charge in [0.2, 0.25) is 0 Å². The van der Waals surface area contributed by atoms with Crippen LogP contribution in [0.25, 0.3) is 22.4 Å². The van der Waals surface area contributed by atoms with Crippen LogP contribution >= 0.6 is 15.9 Å². The minimum absolute atomic E-state index is 0.0928. The summed E-state index contributed by atoms with van der Waals surface area (Å²) in [6.45, 7) is 0. The largest absolute Gasteiger partial charge is 0.508 e. The van der Waals surface area contributed by atoms with E-state index < -0.39 is 0 Å². The smallest absolute Gasteiger partial charge is 0.144 e. The Labute approximate surface area is 118 Å². The summed E-state index contributed by atoms with van der Waals surface area (Å²) in [6, 6.07) is 10.2. The highest BCUT2D eigenvalue weighted by Crippen LogP contribution is 2.33. The lowest BCUT2D eigenvalue weighted by molar-refractivity contribution is 0.461. The van der Waals surface area contributed by atoms with Crippen LogP contribution in [-0.4, -0.2) is 19.8 Å². The van der Waals surface area contributed by atoms with Crippen molar-refractivity contribution in [1.82, 2.24) is 9.55 Å². The molecule has 0 radical (unpaired) electrons. The number of phenols is 2. The predicted octanol–water partition coefficient (Wildman–Crippen LogP) is 3.41. The highest BCUT2D eigenvalue weighted by molar-refractivity contribution is 9.10. The minimum Gasteiger partial charge on any atom is -0.508 e. The van der Waals surface area contributed by atoms with Gasteiger partial charge in [-0.25, -0.2) is 4.98 Å². The van der Waals surface area contributed by atoms with Crippen molar-refractivity contribution in [2.45, 2.75) is 0 Å². The predicted molar refractivity (Wildman–Crippen MR) is 77.2 cm³/mol. The van der Waals surface area contributed by atoms with Crippen molar-refractivity contribution < 1.29 is 10.2 Å². The van der Waals surface area contributed by atoms with Crippen molar-refractivity contribution in [3.8, 4) is 22.9 Å². The molecule has 0 atom stereocenters. The third-order valence-electron chi connectivity index (χ3n) is 3.06. The lowest BCUT2D eigenvalue weighted by Crippen LogP contribution is -1.92. The molecule has 5 heteroatoms. The molecular weight excluding hydrogens is 308 g/mol. The molecule has 0 bridgehead atoms. The zero-order chi connectivity index (χ0) is 13.6. The summed E-state index contributed by atoms with van der Waals surface area (Å²) < 4.78 is 2.83. The summed E-state index contributed by atoms with van der Waals surface area (Å²) >= 11 is 3.41. The maximum atomic E-state index is 9.92. The average molecular weight is 319 g/mol. The quantitative estimate of drug-likeness (QED) is 0.676. The standard InChI is InChI=1S/C14H11BrN2O2/c1-17-12-4-2-8(15)6-11(12)16-14(17)10-7-9(18)3-5-13(10)19/h2-7,18-19H,1H3. The number of aromatic nitrogens is 2. The van der Waals surface area contributed by atoms with Crippen LogP contribution in [0.2, 0.25) is 0 Å². The number of rotatable bonds is 1. The number of aromatic hydroxyl groups is 2. The van der Waals surface area contributed by atoms with Gasteiger partial charge in [0, 0.05) is 11.5 Å². The van der Waals surface area contributed by atoms with E-state index in [0.717, 1.165) is 15.5 Å². The fraction of sp³-hybridized carbons (Fsp3) is 0.0714. The van der Waals surface area contributed by atoms with Crippen LogP contribution in [0.1, 0.15) is 0 Å². The number of fused-ring (bicyclic) bond motifs is 1. The van der Waals surface area contributed by atoms with Gasteiger partial charge in [0.15, 0.2) is 0 Å². The van der Waals surface area contributed by atoms with Crippen molar-refractivity contribution in [2.24, 2.45) is 7.05 Å². The number of hydrogen-bond acceptors (Lipinski definition) is 3. The second-order valence-electron chi connectivity index (χ2n) is 4.33. The number of nitrogens with zero attached hydrogens (tertiary/aromatic N) is 2. The van der Waals surface area contributed by atoms with E-state index in [2.05, 4.69) is 20.9 Å². The normalized spacial score (nSPS) is 11.1. The molecule has 2 aromatic carbocycles. The Balaban J connectivity index is 2.30. The van der Waals surface area contributed by atoms with Gasteiger partial charge >= 0.3 is 0 Å². The van der Waals surface area contributed by atoms with Gasteiger partial charge in [-0.1, -0.05) is 15.9 Å². The molecule has 3 rings (SSSR count). The van der Waals surface area contributed by atoms with Crippen LogP contribution in [0, 0.1) is 0 Å². The van der Waals surface area contributed by atoms with E-state index in [9.17, 15) is 10.2 Å². The van der Waals surface area contributed by atoms with Gasteiger partial charge in [-0.05, 0) is 36.4 Å². The van der Waals surface area contributed by atoms with Gasteiger partial charge in [0.1, 0.15) is 17.3 Å². The van der Waals surface area contributed by atoms with E-state index in [-0.39, 0.29) is 11.5 Å². The maximum Gasteiger partial charge on any atom is 0.144 e. The first-order valence-corrected chi connectivity index (χ1v) is 6.50. The van der Waals surface area contributed by atoms with E-state index in [1.165, 1.54) is 18.2 Å². The van der Waals surface area contributed by atoms with Crippen molar-refractivity contribution >= 4 is 27.0 Å². The van der Waals surface area contributed by atoms with Crippen LogP contribution in [-0.2, 0) is 7.05 Å². The van der Waals surface area contributed by atoms with Crippen molar-refractivity contribution in [1.29, 1.82) is 0 Å². The second kappa shape index (κ2) is 4.28. The fourth-order valence-electron chi connectivity index (χ4n) is 2.12. The molecule has 1 aromatic heterocycles. The summed E-state index contributed by atoms with van der Waals surface area (Å²) in [7, 11) is 1.88. The minimum atomic E-state index is 0.0928. The molecule has 0 spiro atoms. The molecule has 2 N–H and O–H groups in total. The fourth-order valence-corrected chi connectivity index (χ4v) is 2.47. The summed E-state index contributed by atoms with van der Waals surface area (Å²) in [5.41, 5.74) is 2.30. The molecule has 3 aromatic rings. The lowest BCUT2D eigenvalue weighted by atomic mass is 10.2. The number of benzene rings is 2. The topological polar surface area (TPSA) is 58.3 Å². The molecule has 0 aliphatic heterocycles. The Morgan fingerprint density at radius 2 is 1.89 bits per heavy atom. The summed E-state index contributed by atoms with van der Waals surface area (Å²) in [6.07, 6.45) is 0. The van der Waals surface area contributed by atoms with E-state index in [1.807, 2.05) is 29.8 Å². The van der Waals surface area contributed by atoms with E-state index >= 15 is 0 Å². The van der Waals surface area contributed by atoms with Gasteiger partial charge in [-0.3, -0.25) is 0 Å². The van der Waals surface area contributed by atoms with Crippen molar-refractivity contribution in [3.05, 3.63) is 40.9 Å².